The Kier molecular flexibility index (Phi) is 2.42. The van der Waals surface area contributed by atoms with Crippen LogP contribution in [0.15, 0.2) is 35.1 Å². The Hall–Kier alpha value is -2.12. The summed E-state index contributed by atoms with van der Waals surface area (Å²) in [6.07, 6.45) is 0. The maximum absolute atomic E-state index is 11.9. The third-order valence-corrected chi connectivity index (χ3v) is 3.16. The Labute approximate surface area is 108 Å². The van der Waals surface area contributed by atoms with E-state index in [1.165, 1.54) is 0 Å². The molecular formula is C11H11N5OS. The van der Waals surface area contributed by atoms with Crippen molar-refractivity contribution in [3.8, 4) is 0 Å². The minimum absolute atomic E-state index is 0.198. The zero-order valence-electron chi connectivity index (χ0n) is 9.38. The summed E-state index contributed by atoms with van der Waals surface area (Å²) in [5.74, 6) is 6.21. The molecule has 0 spiro atoms. The van der Waals surface area contributed by atoms with Crippen LogP contribution in [0.5, 0.6) is 0 Å². The molecule has 0 bridgehead atoms. The first-order valence-electron chi connectivity index (χ1n) is 5.40. The molecule has 1 aliphatic heterocycles. The van der Waals surface area contributed by atoms with Crippen LogP contribution < -0.4 is 21.8 Å². The molecule has 1 aromatic carbocycles. The van der Waals surface area contributed by atoms with Crippen molar-refractivity contribution in [2.24, 2.45) is 0 Å². The number of H-pyrrole nitrogens is 1. The molecule has 0 saturated heterocycles. The van der Waals surface area contributed by atoms with Gasteiger partial charge in [0.25, 0.3) is 5.56 Å². The summed E-state index contributed by atoms with van der Waals surface area (Å²) in [7, 11) is 0. The third kappa shape index (κ3) is 1.52. The lowest BCUT2D eigenvalue weighted by Crippen LogP contribution is -2.31. The van der Waals surface area contributed by atoms with Gasteiger partial charge in [-0.3, -0.25) is 9.80 Å². The smallest absolute Gasteiger partial charge is 0.279 e. The summed E-state index contributed by atoms with van der Waals surface area (Å²) in [4.78, 5) is 14.9. The second-order valence-electron chi connectivity index (χ2n) is 3.94. The number of fused-ring (bicyclic) bond motifs is 1. The van der Waals surface area contributed by atoms with Gasteiger partial charge in [-0.2, -0.15) is 4.68 Å². The zero-order chi connectivity index (χ0) is 12.7. The minimum Gasteiger partial charge on any atom is -0.334 e. The monoisotopic (exact) mass is 261 g/mol. The van der Waals surface area contributed by atoms with Gasteiger partial charge in [0.1, 0.15) is 5.82 Å². The second-order valence-corrected chi connectivity index (χ2v) is 4.33. The molecule has 1 aromatic heterocycles. The number of nitrogens with two attached hydrogens (primary N) is 1. The maximum atomic E-state index is 11.9. The van der Waals surface area contributed by atoms with E-state index in [0.717, 1.165) is 10.4 Å². The molecule has 0 aliphatic carbocycles. The Morgan fingerprint density at radius 1 is 1.28 bits per heavy atom. The van der Waals surface area contributed by atoms with Crippen molar-refractivity contribution in [1.29, 1.82) is 0 Å². The largest absolute Gasteiger partial charge is 0.334 e. The molecule has 6 nitrogen and oxygen atoms in total. The summed E-state index contributed by atoms with van der Waals surface area (Å²) in [5, 5.41) is 1.80. The summed E-state index contributed by atoms with van der Waals surface area (Å²) in [6.45, 7) is 0.423. The van der Waals surface area contributed by atoms with E-state index in [9.17, 15) is 4.79 Å². The van der Waals surface area contributed by atoms with Crippen LogP contribution in [-0.4, -0.2) is 9.66 Å². The van der Waals surface area contributed by atoms with E-state index in [4.69, 9.17) is 18.1 Å². The molecule has 0 atom stereocenters. The van der Waals surface area contributed by atoms with Crippen LogP contribution in [0.2, 0.25) is 0 Å². The van der Waals surface area contributed by atoms with Crippen molar-refractivity contribution in [1.82, 2.24) is 15.1 Å². The number of aromatic amines is 1. The molecule has 0 amide bonds. The molecule has 2 aromatic rings. The van der Waals surface area contributed by atoms with E-state index < -0.39 is 0 Å². The van der Waals surface area contributed by atoms with Crippen LogP contribution in [0.1, 0.15) is 5.56 Å². The fraction of sp³-hybridized carbons (Fsp3) is 0.0909. The van der Waals surface area contributed by atoms with Gasteiger partial charge >= 0.3 is 0 Å². The number of aromatic nitrogens is 2. The lowest BCUT2D eigenvalue weighted by molar-refractivity contribution is 0.758. The van der Waals surface area contributed by atoms with Gasteiger partial charge in [-0.15, -0.1) is 0 Å². The first kappa shape index (κ1) is 11.0. The lowest BCUT2D eigenvalue weighted by atomic mass is 10.3. The number of anilines is 2. The van der Waals surface area contributed by atoms with Crippen LogP contribution in [0.3, 0.4) is 0 Å². The Morgan fingerprint density at radius 3 is 2.72 bits per heavy atom. The van der Waals surface area contributed by atoms with Crippen molar-refractivity contribution >= 4 is 23.7 Å². The molecule has 7 heteroatoms. The number of nitrogen functional groups attached to an aromatic ring is 1. The highest BCUT2D eigenvalue weighted by atomic mass is 32.1. The fourth-order valence-electron chi connectivity index (χ4n) is 1.96. The maximum Gasteiger partial charge on any atom is 0.279 e. The summed E-state index contributed by atoms with van der Waals surface area (Å²) in [6, 6.07) is 9.65. The first-order valence-corrected chi connectivity index (χ1v) is 5.81. The minimum atomic E-state index is -0.278. The normalized spacial score (nSPS) is 13.7. The highest BCUT2D eigenvalue weighted by molar-refractivity contribution is 7.71. The molecule has 0 saturated carbocycles. The van der Waals surface area contributed by atoms with E-state index in [2.05, 4.69) is 10.4 Å². The summed E-state index contributed by atoms with van der Waals surface area (Å²) >= 11 is 5.01. The highest BCUT2D eigenvalue weighted by Crippen LogP contribution is 2.27. The number of nitrogens with zero attached hydrogens (tertiary/aromatic N) is 2. The summed E-state index contributed by atoms with van der Waals surface area (Å²) < 4.78 is 1.15. The van der Waals surface area contributed by atoms with Crippen LogP contribution in [0.25, 0.3) is 0 Å². The van der Waals surface area contributed by atoms with Crippen LogP contribution >= 0.6 is 12.2 Å². The number of hydrazine groups is 1. The fourth-order valence-corrected chi connectivity index (χ4v) is 2.14. The Balaban J connectivity index is 2.19. The molecule has 0 fully saturated rings. The second kappa shape index (κ2) is 3.97. The molecular weight excluding hydrogens is 250 g/mol. The molecule has 4 N–H and O–H groups in total. The molecule has 18 heavy (non-hydrogen) atoms. The number of hydrogen-bond donors (Lipinski definition) is 3. The molecule has 0 unspecified atom stereocenters. The van der Waals surface area contributed by atoms with Gasteiger partial charge in [0.05, 0.1) is 11.3 Å². The van der Waals surface area contributed by atoms with Crippen LogP contribution in [-0.2, 0) is 6.54 Å². The zero-order valence-corrected chi connectivity index (χ0v) is 10.2. The van der Waals surface area contributed by atoms with Crippen molar-refractivity contribution in [2.75, 3.05) is 10.9 Å². The van der Waals surface area contributed by atoms with Crippen molar-refractivity contribution in [3.05, 3.63) is 51.0 Å². The first-order chi connectivity index (χ1) is 8.68. The van der Waals surface area contributed by atoms with Gasteiger partial charge < -0.3 is 10.8 Å². The average Bonchev–Trinajstić information content (AvgIpc) is 2.81. The van der Waals surface area contributed by atoms with Gasteiger partial charge in [-0.05, 0) is 24.4 Å². The number of benzene rings is 1. The standard InChI is InChI=1S/C11H11N5OS/c12-15-10(17)8-6-13-16(9(8)14-11(15)18)7-4-2-1-3-5-7/h1-5,13H,6,12H2,(H,14,18). The number of para-hydroxylation sites is 1. The molecule has 2 heterocycles. The average molecular weight is 261 g/mol. The Bertz CT molecular complexity index is 706. The van der Waals surface area contributed by atoms with E-state index in [0.29, 0.717) is 17.9 Å². The molecule has 0 radical (unpaired) electrons. The Morgan fingerprint density at radius 2 is 2.00 bits per heavy atom. The quantitative estimate of drug-likeness (QED) is 0.522. The van der Waals surface area contributed by atoms with Crippen molar-refractivity contribution in [3.63, 3.8) is 0 Å². The molecule has 1 aliphatic rings. The number of rotatable bonds is 1. The van der Waals surface area contributed by atoms with Gasteiger partial charge in [0, 0.05) is 6.54 Å². The van der Waals surface area contributed by atoms with Crippen molar-refractivity contribution in [2.45, 2.75) is 6.54 Å². The SMILES string of the molecule is Nn1c(=S)[nH]c2c(c1=O)CNN2c1ccccc1. The molecule has 92 valence electrons. The number of nitrogens with one attached hydrogen (secondary N) is 2. The van der Waals surface area contributed by atoms with Gasteiger partial charge in [0.15, 0.2) is 0 Å². The van der Waals surface area contributed by atoms with Crippen LogP contribution in [0.4, 0.5) is 11.5 Å². The van der Waals surface area contributed by atoms with Gasteiger partial charge in [-0.1, -0.05) is 18.2 Å². The van der Waals surface area contributed by atoms with Crippen molar-refractivity contribution < 1.29 is 0 Å². The number of hydrogen-bond acceptors (Lipinski definition) is 5. The predicted octanol–water partition coefficient (Wildman–Crippen LogP) is 0.776. The third-order valence-electron chi connectivity index (χ3n) is 2.86. The van der Waals surface area contributed by atoms with Gasteiger partial charge in [-0.25, -0.2) is 5.43 Å². The predicted molar refractivity (Wildman–Crippen MR) is 71.5 cm³/mol. The highest BCUT2D eigenvalue weighted by Gasteiger charge is 2.24. The lowest BCUT2D eigenvalue weighted by Gasteiger charge is -2.18. The van der Waals surface area contributed by atoms with E-state index in [1.54, 1.807) is 5.01 Å². The summed E-state index contributed by atoms with van der Waals surface area (Å²) in [5.41, 5.74) is 4.35. The van der Waals surface area contributed by atoms with E-state index in [1.807, 2.05) is 30.3 Å². The topological polar surface area (TPSA) is 79.1 Å². The van der Waals surface area contributed by atoms with Gasteiger partial charge in [0.2, 0.25) is 4.77 Å². The van der Waals surface area contributed by atoms with Crippen LogP contribution in [0, 0.1) is 4.77 Å². The molecule has 3 rings (SSSR count). The van der Waals surface area contributed by atoms with E-state index >= 15 is 0 Å². The van der Waals surface area contributed by atoms with E-state index in [-0.39, 0.29) is 10.3 Å².